The zero-order valence-corrected chi connectivity index (χ0v) is 25.8. The number of oxime groups is 1. The van der Waals surface area contributed by atoms with Gasteiger partial charge in [-0.15, -0.1) is 11.8 Å². The van der Waals surface area contributed by atoms with Gasteiger partial charge < -0.3 is 4.84 Å². The van der Waals surface area contributed by atoms with Crippen LogP contribution in [0.1, 0.15) is 43.1 Å². The molecule has 0 atom stereocenters. The lowest BCUT2D eigenvalue weighted by atomic mass is 10.0. The van der Waals surface area contributed by atoms with Crippen LogP contribution in [-0.2, 0) is 4.84 Å². The summed E-state index contributed by atoms with van der Waals surface area (Å²) in [6, 6.07) is 39.8. The molecule has 5 aromatic carbocycles. The number of nitrogens with zero attached hydrogens (tertiary/aromatic N) is 1. The average Bonchev–Trinajstić information content (AvgIpc) is 3.08. The first-order valence-corrected chi connectivity index (χ1v) is 15.9. The van der Waals surface area contributed by atoms with E-state index in [2.05, 4.69) is 5.16 Å². The highest BCUT2D eigenvalue weighted by molar-refractivity contribution is 7.99. The highest BCUT2D eigenvalue weighted by Gasteiger charge is 2.17. The maximum Gasteiger partial charge on any atom is 0.365 e. The summed E-state index contributed by atoms with van der Waals surface area (Å²) in [5.41, 5.74) is 2.20. The van der Waals surface area contributed by atoms with Gasteiger partial charge in [0.05, 0.1) is 5.56 Å². The van der Waals surface area contributed by atoms with E-state index in [1.54, 1.807) is 66.4 Å². The predicted molar refractivity (Wildman–Crippen MR) is 177 cm³/mol. The number of ketones is 2. The van der Waals surface area contributed by atoms with E-state index in [1.807, 2.05) is 78.9 Å². The van der Waals surface area contributed by atoms with Crippen molar-refractivity contribution in [3.63, 3.8) is 0 Å². The Hall–Kier alpha value is -4.43. The molecule has 5 rings (SSSR count). The van der Waals surface area contributed by atoms with E-state index in [-0.39, 0.29) is 17.3 Å². The van der Waals surface area contributed by atoms with Gasteiger partial charge >= 0.3 is 5.97 Å². The number of hydrogen-bond acceptors (Lipinski definition) is 7. The number of benzene rings is 5. The molecule has 0 amide bonds. The fraction of sp³-hybridized carbons (Fsp3) is 0.0556. The van der Waals surface area contributed by atoms with Crippen LogP contribution in [0.5, 0.6) is 0 Å². The molecule has 0 aliphatic heterocycles. The highest BCUT2D eigenvalue weighted by atomic mass is 35.5. The normalized spacial score (nSPS) is 11.2. The van der Waals surface area contributed by atoms with Crippen molar-refractivity contribution in [2.45, 2.75) is 21.1 Å². The zero-order valence-electron chi connectivity index (χ0n) is 23.4. The van der Waals surface area contributed by atoms with Crippen molar-refractivity contribution >= 4 is 58.4 Å². The summed E-state index contributed by atoms with van der Waals surface area (Å²) in [6.45, 7) is 0. The van der Waals surface area contributed by atoms with Crippen LogP contribution < -0.4 is 0 Å². The molecule has 0 bridgehead atoms. The minimum Gasteiger partial charge on any atom is -0.312 e. The van der Waals surface area contributed by atoms with Gasteiger partial charge in [-0.25, -0.2) is 4.79 Å². The molecule has 0 heterocycles. The Morgan fingerprint density at radius 2 is 1.09 bits per heavy atom. The van der Waals surface area contributed by atoms with Crippen LogP contribution in [0.4, 0.5) is 0 Å². The quantitative estimate of drug-likeness (QED) is 0.0447. The molecule has 0 spiro atoms. The van der Waals surface area contributed by atoms with Gasteiger partial charge in [-0.2, -0.15) is 0 Å². The van der Waals surface area contributed by atoms with Crippen molar-refractivity contribution in [2.75, 3.05) is 5.75 Å². The van der Waals surface area contributed by atoms with Crippen molar-refractivity contribution in [3.8, 4) is 0 Å². The highest BCUT2D eigenvalue weighted by Crippen LogP contribution is 2.29. The Morgan fingerprint density at radius 1 is 0.591 bits per heavy atom. The van der Waals surface area contributed by atoms with Crippen LogP contribution in [0.25, 0.3) is 0 Å². The molecule has 0 aliphatic carbocycles. The molecule has 0 fully saturated rings. The van der Waals surface area contributed by atoms with Gasteiger partial charge in [-0.05, 0) is 84.9 Å². The smallest absolute Gasteiger partial charge is 0.312 e. The minimum atomic E-state index is -0.635. The van der Waals surface area contributed by atoms with Crippen LogP contribution >= 0.6 is 35.1 Å². The van der Waals surface area contributed by atoms with Gasteiger partial charge in [0, 0.05) is 48.6 Å². The lowest BCUT2D eigenvalue weighted by Gasteiger charge is -2.08. The summed E-state index contributed by atoms with van der Waals surface area (Å²) < 4.78 is 0. The van der Waals surface area contributed by atoms with Crippen LogP contribution in [-0.4, -0.2) is 29.0 Å². The fourth-order valence-electron chi connectivity index (χ4n) is 4.13. The molecule has 0 saturated carbocycles. The third kappa shape index (κ3) is 8.57. The number of Topliss-reactive ketones (excluding diaryl/α,β-unsaturated/α-hetero) is 1. The Morgan fingerprint density at radius 3 is 1.68 bits per heavy atom. The van der Waals surface area contributed by atoms with E-state index < -0.39 is 5.97 Å². The van der Waals surface area contributed by atoms with E-state index in [1.165, 1.54) is 11.8 Å². The molecule has 0 aliphatic rings. The molecule has 0 N–H and O–H groups in total. The second kappa shape index (κ2) is 15.3. The standard InChI is InChI=1S/C36H26ClNO4S2/c37-29-15-21-30(22-16-29)43-24-23-33(38-42-36(41)28-9-5-2-6-10-28)35(40)27-13-19-32(20-14-27)44-31-17-11-26(12-18-31)34(39)25-7-3-1-4-8-25/h1-22H,23-24H2. The molecule has 0 saturated heterocycles. The number of carbonyl (C=O) groups is 3. The van der Waals surface area contributed by atoms with Crippen molar-refractivity contribution in [1.82, 2.24) is 0 Å². The van der Waals surface area contributed by atoms with Gasteiger partial charge in [0.25, 0.3) is 0 Å². The monoisotopic (exact) mass is 635 g/mol. The zero-order chi connectivity index (χ0) is 30.7. The summed E-state index contributed by atoms with van der Waals surface area (Å²) in [5, 5.41) is 4.66. The summed E-state index contributed by atoms with van der Waals surface area (Å²) in [7, 11) is 0. The second-order valence-electron chi connectivity index (χ2n) is 9.51. The predicted octanol–water partition coefficient (Wildman–Crippen LogP) is 9.30. The minimum absolute atomic E-state index is 0.0245. The molecule has 0 aromatic heterocycles. The number of hydrogen-bond donors (Lipinski definition) is 0. The molecular formula is C36H26ClNO4S2. The number of thioether (sulfide) groups is 1. The van der Waals surface area contributed by atoms with E-state index in [0.29, 0.717) is 39.5 Å². The lowest BCUT2D eigenvalue weighted by molar-refractivity contribution is 0.0514. The maximum atomic E-state index is 13.5. The molecular weight excluding hydrogens is 610 g/mol. The van der Waals surface area contributed by atoms with Crippen LogP contribution in [0.15, 0.2) is 153 Å². The molecule has 44 heavy (non-hydrogen) atoms. The second-order valence-corrected chi connectivity index (χ2v) is 12.3. The molecule has 5 nitrogen and oxygen atoms in total. The maximum absolute atomic E-state index is 13.5. The first-order valence-electron chi connectivity index (χ1n) is 13.7. The Kier molecular flexibility index (Phi) is 10.8. The van der Waals surface area contributed by atoms with Gasteiger partial charge in [-0.1, -0.05) is 77.0 Å². The van der Waals surface area contributed by atoms with Crippen LogP contribution in [0.3, 0.4) is 0 Å². The molecule has 0 radical (unpaired) electrons. The van der Waals surface area contributed by atoms with Gasteiger partial charge in [0.1, 0.15) is 5.71 Å². The third-order valence-corrected chi connectivity index (χ3v) is 8.72. The largest absolute Gasteiger partial charge is 0.365 e. The van der Waals surface area contributed by atoms with E-state index in [9.17, 15) is 14.4 Å². The van der Waals surface area contributed by atoms with Crippen molar-refractivity contribution < 1.29 is 19.2 Å². The fourth-order valence-corrected chi connectivity index (χ4v) is 5.93. The number of rotatable bonds is 12. The van der Waals surface area contributed by atoms with Gasteiger partial charge in [-0.3, -0.25) is 9.59 Å². The number of carbonyl (C=O) groups excluding carboxylic acids is 3. The number of halogens is 1. The van der Waals surface area contributed by atoms with E-state index in [4.69, 9.17) is 16.4 Å². The Labute approximate surface area is 269 Å². The topological polar surface area (TPSA) is 72.8 Å². The van der Waals surface area contributed by atoms with Gasteiger partial charge in [0.15, 0.2) is 5.78 Å². The first kappa shape index (κ1) is 31.0. The Balaban J connectivity index is 1.25. The summed E-state index contributed by atoms with van der Waals surface area (Å²) in [5.74, 6) is -0.429. The lowest BCUT2D eigenvalue weighted by Crippen LogP contribution is -2.17. The summed E-state index contributed by atoms with van der Waals surface area (Å²) >= 11 is 9.06. The molecule has 218 valence electrons. The Bertz CT molecular complexity index is 1760. The molecule has 0 unspecified atom stereocenters. The first-order chi connectivity index (χ1) is 21.5. The molecule has 5 aromatic rings. The average molecular weight is 636 g/mol. The van der Waals surface area contributed by atoms with Crippen molar-refractivity contribution in [3.05, 3.63) is 161 Å². The molecule has 8 heteroatoms. The third-order valence-electron chi connectivity index (χ3n) is 6.44. The van der Waals surface area contributed by atoms with Crippen LogP contribution in [0.2, 0.25) is 5.02 Å². The van der Waals surface area contributed by atoms with Crippen molar-refractivity contribution in [1.29, 1.82) is 0 Å². The van der Waals surface area contributed by atoms with E-state index in [0.717, 1.165) is 14.7 Å². The summed E-state index contributed by atoms with van der Waals surface area (Å²) in [4.78, 5) is 46.8. The summed E-state index contributed by atoms with van der Waals surface area (Å²) in [6.07, 6.45) is 0.290. The van der Waals surface area contributed by atoms with Crippen LogP contribution in [0, 0.1) is 0 Å². The van der Waals surface area contributed by atoms with E-state index >= 15 is 0 Å². The van der Waals surface area contributed by atoms with Gasteiger partial charge in [0.2, 0.25) is 5.78 Å². The van der Waals surface area contributed by atoms with Crippen molar-refractivity contribution in [2.24, 2.45) is 5.16 Å². The SMILES string of the molecule is O=C(ON=C(CCSc1ccc(Cl)cc1)C(=O)c1ccc(Sc2ccc(C(=O)c3ccccc3)cc2)cc1)c1ccccc1.